The largest absolute Gasteiger partial charge is 0.456 e. The molecule has 0 radical (unpaired) electrons. The summed E-state index contributed by atoms with van der Waals surface area (Å²) in [5.41, 5.74) is 5.30. The minimum absolute atomic E-state index is 0.0565. The number of rotatable bonds is 6. The topological polar surface area (TPSA) is 16.4 Å². The van der Waals surface area contributed by atoms with Crippen molar-refractivity contribution in [2.45, 2.75) is 6.18 Å². The third-order valence-corrected chi connectivity index (χ3v) is 8.78. The van der Waals surface area contributed by atoms with E-state index in [0.717, 1.165) is 51.3 Å². The van der Waals surface area contributed by atoms with Crippen molar-refractivity contribution >= 4 is 39.0 Å². The molecule has 8 heteroatoms. The van der Waals surface area contributed by atoms with Crippen LogP contribution >= 0.6 is 0 Å². The maximum absolute atomic E-state index is 14.5. The molecule has 0 N–H and O–H groups in total. The van der Waals surface area contributed by atoms with Gasteiger partial charge in [0.1, 0.15) is 28.6 Å². The van der Waals surface area contributed by atoms with Gasteiger partial charge in [-0.3, -0.25) is 0 Å². The first-order valence-electron chi connectivity index (χ1n) is 16.0. The summed E-state index contributed by atoms with van der Waals surface area (Å²) >= 11 is 0. The van der Waals surface area contributed by atoms with Gasteiger partial charge in [-0.05, 0) is 118 Å². The molecule has 0 unspecified atom stereocenters. The van der Waals surface area contributed by atoms with Crippen molar-refractivity contribution in [2.24, 2.45) is 0 Å². The van der Waals surface area contributed by atoms with Crippen LogP contribution in [0.5, 0.6) is 0 Å². The van der Waals surface area contributed by atoms with Crippen LogP contribution < -0.4 is 4.90 Å². The van der Waals surface area contributed by atoms with Crippen LogP contribution in [0.1, 0.15) is 5.56 Å². The zero-order valence-corrected chi connectivity index (χ0v) is 26.6. The van der Waals surface area contributed by atoms with Crippen molar-refractivity contribution in [1.82, 2.24) is 0 Å². The van der Waals surface area contributed by atoms with E-state index in [-0.39, 0.29) is 5.56 Å². The smallest absolute Gasteiger partial charge is 0.416 e. The quantitative estimate of drug-likeness (QED) is 0.162. The van der Waals surface area contributed by atoms with E-state index in [0.29, 0.717) is 39.8 Å². The normalized spacial score (nSPS) is 11.7. The first kappa shape index (κ1) is 32.0. The summed E-state index contributed by atoms with van der Waals surface area (Å²) in [5, 5.41) is 2.00. The predicted octanol–water partition coefficient (Wildman–Crippen LogP) is 13.5. The molecule has 0 bridgehead atoms. The SMILES string of the molecule is Fc1cc(F)cc(-c2cccc(N(c3cccc(-c4cc(F)cc(C(F)(F)F)c4)c3)c3cccc(-c4ccc5c(c4)oc4ccccc45)c3)c2)c1. The van der Waals surface area contributed by atoms with E-state index in [1.807, 2.05) is 77.7 Å². The molecule has 0 aliphatic rings. The van der Waals surface area contributed by atoms with Gasteiger partial charge in [0.05, 0.1) is 5.56 Å². The Kier molecular flexibility index (Phi) is 7.87. The van der Waals surface area contributed by atoms with Crippen LogP contribution in [0.15, 0.2) is 156 Å². The summed E-state index contributed by atoms with van der Waals surface area (Å²) in [6, 6.07) is 41.1. The van der Waals surface area contributed by atoms with E-state index < -0.39 is 29.2 Å². The molecule has 0 aliphatic heterocycles. The van der Waals surface area contributed by atoms with Gasteiger partial charge >= 0.3 is 6.18 Å². The molecule has 0 saturated carbocycles. The van der Waals surface area contributed by atoms with Gasteiger partial charge in [0.25, 0.3) is 0 Å². The minimum atomic E-state index is -4.73. The highest BCUT2D eigenvalue weighted by molar-refractivity contribution is 6.06. The molecule has 0 spiro atoms. The van der Waals surface area contributed by atoms with Crippen molar-refractivity contribution in [3.05, 3.63) is 175 Å². The van der Waals surface area contributed by atoms with E-state index in [9.17, 15) is 26.3 Å². The molecule has 0 amide bonds. The number of furan rings is 1. The summed E-state index contributed by atoms with van der Waals surface area (Å²) in [4.78, 5) is 1.88. The lowest BCUT2D eigenvalue weighted by molar-refractivity contribution is -0.137. The fourth-order valence-corrected chi connectivity index (χ4v) is 6.47. The molecule has 1 aromatic heterocycles. The van der Waals surface area contributed by atoms with Gasteiger partial charge in [-0.25, -0.2) is 13.2 Å². The average Bonchev–Trinajstić information content (AvgIpc) is 3.49. The summed E-state index contributed by atoms with van der Waals surface area (Å²) in [5.74, 6) is -2.45. The Morgan fingerprint density at radius 3 is 1.47 bits per heavy atom. The number of hydrogen-bond donors (Lipinski definition) is 0. The maximum Gasteiger partial charge on any atom is 0.416 e. The van der Waals surface area contributed by atoms with E-state index >= 15 is 0 Å². The van der Waals surface area contributed by atoms with E-state index in [1.54, 1.807) is 42.5 Å². The Bertz CT molecular complexity index is 2570. The number of anilines is 3. The molecule has 0 fully saturated rings. The Morgan fingerprint density at radius 2 is 0.882 bits per heavy atom. The molecular formula is C43H25F6NO. The standard InChI is InChI=1S/C43H25F6NO/c44-33-17-30(16-32(24-33)43(47,48)49)27-7-4-10-37(21-27)50(38-11-5-8-28(22-38)31-18-34(45)25-35(46)19-31)36-9-3-6-26(20-36)29-14-15-40-39-12-1-2-13-41(39)51-42(40)23-29/h1-25H. The van der Waals surface area contributed by atoms with Gasteiger partial charge < -0.3 is 9.32 Å². The maximum atomic E-state index is 14.5. The lowest BCUT2D eigenvalue weighted by Crippen LogP contribution is -2.10. The highest BCUT2D eigenvalue weighted by Gasteiger charge is 2.31. The lowest BCUT2D eigenvalue weighted by atomic mass is 10.00. The van der Waals surface area contributed by atoms with Gasteiger partial charge in [0, 0.05) is 33.9 Å². The molecule has 51 heavy (non-hydrogen) atoms. The zero-order valence-electron chi connectivity index (χ0n) is 26.6. The molecule has 0 atom stereocenters. The second-order valence-electron chi connectivity index (χ2n) is 12.2. The number of benzene rings is 7. The van der Waals surface area contributed by atoms with Crippen LogP contribution in [0.2, 0.25) is 0 Å². The Labute approximate surface area is 288 Å². The third-order valence-electron chi connectivity index (χ3n) is 8.78. The molecule has 0 aliphatic carbocycles. The second kappa shape index (κ2) is 12.6. The van der Waals surface area contributed by atoms with Crippen LogP contribution in [0.3, 0.4) is 0 Å². The van der Waals surface area contributed by atoms with Gasteiger partial charge in [-0.2, -0.15) is 13.2 Å². The van der Waals surface area contributed by atoms with Crippen LogP contribution in [0, 0.1) is 17.5 Å². The number of para-hydroxylation sites is 1. The van der Waals surface area contributed by atoms with Crippen molar-refractivity contribution in [3.8, 4) is 33.4 Å². The van der Waals surface area contributed by atoms with Gasteiger partial charge in [0.2, 0.25) is 0 Å². The molecule has 2 nitrogen and oxygen atoms in total. The van der Waals surface area contributed by atoms with E-state index in [2.05, 4.69) is 0 Å². The van der Waals surface area contributed by atoms with Crippen molar-refractivity contribution < 1.29 is 30.8 Å². The van der Waals surface area contributed by atoms with E-state index in [4.69, 9.17) is 4.42 Å². The average molecular weight is 686 g/mol. The molecule has 8 aromatic rings. The summed E-state index contributed by atoms with van der Waals surface area (Å²) < 4.78 is 90.0. The summed E-state index contributed by atoms with van der Waals surface area (Å²) in [7, 11) is 0. The van der Waals surface area contributed by atoms with Crippen molar-refractivity contribution in [2.75, 3.05) is 4.90 Å². The van der Waals surface area contributed by atoms with Gasteiger partial charge in [-0.15, -0.1) is 0 Å². The van der Waals surface area contributed by atoms with Crippen LogP contribution in [-0.4, -0.2) is 0 Å². The molecule has 1 heterocycles. The Balaban J connectivity index is 1.28. The lowest BCUT2D eigenvalue weighted by Gasteiger charge is -2.27. The van der Waals surface area contributed by atoms with Crippen LogP contribution in [0.25, 0.3) is 55.3 Å². The number of hydrogen-bond acceptors (Lipinski definition) is 2. The van der Waals surface area contributed by atoms with Crippen LogP contribution in [0.4, 0.5) is 43.4 Å². The third kappa shape index (κ3) is 6.32. The first-order valence-corrected chi connectivity index (χ1v) is 16.0. The molecule has 7 aromatic carbocycles. The molecule has 0 saturated heterocycles. The van der Waals surface area contributed by atoms with Gasteiger partial charge in [-0.1, -0.05) is 60.7 Å². The number of halogens is 6. The molecular weight excluding hydrogens is 660 g/mol. The predicted molar refractivity (Wildman–Crippen MR) is 190 cm³/mol. The Hall–Kier alpha value is -6.28. The van der Waals surface area contributed by atoms with Crippen molar-refractivity contribution in [1.29, 1.82) is 0 Å². The van der Waals surface area contributed by atoms with E-state index in [1.165, 1.54) is 12.1 Å². The van der Waals surface area contributed by atoms with Crippen molar-refractivity contribution in [3.63, 3.8) is 0 Å². The summed E-state index contributed by atoms with van der Waals surface area (Å²) in [6.45, 7) is 0. The Morgan fingerprint density at radius 1 is 0.392 bits per heavy atom. The molecule has 8 rings (SSSR count). The fourth-order valence-electron chi connectivity index (χ4n) is 6.47. The van der Waals surface area contributed by atoms with Crippen LogP contribution in [-0.2, 0) is 6.18 Å². The first-order chi connectivity index (χ1) is 24.6. The highest BCUT2D eigenvalue weighted by Crippen LogP contribution is 2.41. The molecule has 250 valence electrons. The number of alkyl halides is 3. The minimum Gasteiger partial charge on any atom is -0.456 e. The monoisotopic (exact) mass is 685 g/mol. The highest BCUT2D eigenvalue weighted by atomic mass is 19.4. The number of nitrogens with zero attached hydrogens (tertiary/aromatic N) is 1. The summed E-state index contributed by atoms with van der Waals surface area (Å²) in [6.07, 6.45) is -4.73. The van der Waals surface area contributed by atoms with Gasteiger partial charge in [0.15, 0.2) is 0 Å². The second-order valence-corrected chi connectivity index (χ2v) is 12.2. The fraction of sp³-hybridized carbons (Fsp3) is 0.0233. The number of fused-ring (bicyclic) bond motifs is 3. The zero-order chi connectivity index (χ0) is 35.3.